The normalized spacial score (nSPS) is 11.6. The Kier molecular flexibility index (Phi) is 3.95. The molecule has 0 fully saturated rings. The van der Waals surface area contributed by atoms with Crippen molar-refractivity contribution in [2.75, 3.05) is 14.1 Å². The first kappa shape index (κ1) is 17.6. The van der Waals surface area contributed by atoms with Crippen LogP contribution >= 0.6 is 11.3 Å². The van der Waals surface area contributed by atoms with E-state index in [9.17, 15) is 4.79 Å². The molecular weight excluding hydrogens is 390 g/mol. The maximum Gasteiger partial charge on any atom is 0.263 e. The van der Waals surface area contributed by atoms with Crippen LogP contribution in [0.15, 0.2) is 41.3 Å². The Bertz CT molecular complexity index is 1340. The lowest BCUT2D eigenvalue weighted by Crippen LogP contribution is -2.21. The molecule has 5 heterocycles. The molecule has 0 radical (unpaired) electrons. The highest BCUT2D eigenvalue weighted by atomic mass is 32.1. The number of carbonyl (C=O) groups excluding carboxylic acids is 1. The van der Waals surface area contributed by atoms with Crippen LogP contribution in [0.5, 0.6) is 0 Å². The van der Waals surface area contributed by atoms with Gasteiger partial charge in [-0.2, -0.15) is 5.10 Å². The van der Waals surface area contributed by atoms with Crippen molar-refractivity contribution < 1.29 is 9.21 Å². The molecule has 5 aromatic heterocycles. The number of amides is 1. The summed E-state index contributed by atoms with van der Waals surface area (Å²) in [5.74, 6) is 1.76. The molecule has 0 bridgehead atoms. The number of hydrogen-bond acceptors (Lipinski definition) is 7. The molecule has 5 aromatic rings. The third-order valence-electron chi connectivity index (χ3n) is 4.63. The molecule has 10 heteroatoms. The Hall–Kier alpha value is -3.53. The predicted octanol–water partition coefficient (Wildman–Crippen LogP) is 2.85. The number of furan rings is 1. The number of hydrogen-bond donors (Lipinski definition) is 0. The quantitative estimate of drug-likeness (QED) is 0.455. The highest BCUT2D eigenvalue weighted by Gasteiger charge is 2.22. The highest BCUT2D eigenvalue weighted by molar-refractivity contribution is 7.20. The van der Waals surface area contributed by atoms with Crippen LogP contribution in [0.25, 0.3) is 27.4 Å². The second-order valence-electron chi connectivity index (χ2n) is 6.85. The summed E-state index contributed by atoms with van der Waals surface area (Å²) in [5, 5.41) is 9.53. The first-order valence-corrected chi connectivity index (χ1v) is 9.75. The Morgan fingerprint density at radius 3 is 2.93 bits per heavy atom. The number of nitrogens with zero attached hydrogens (tertiary/aromatic N) is 7. The molecule has 9 nitrogen and oxygen atoms in total. The first-order valence-electron chi connectivity index (χ1n) is 8.94. The molecule has 0 aliphatic heterocycles. The molecule has 0 spiro atoms. The van der Waals surface area contributed by atoms with Gasteiger partial charge in [-0.15, -0.1) is 16.4 Å². The first-order chi connectivity index (χ1) is 14.0. The summed E-state index contributed by atoms with van der Waals surface area (Å²) in [6.07, 6.45) is 5.21. The largest absolute Gasteiger partial charge is 0.456 e. The summed E-state index contributed by atoms with van der Waals surface area (Å²) < 4.78 is 9.32. The van der Waals surface area contributed by atoms with Crippen molar-refractivity contribution in [1.29, 1.82) is 0 Å². The number of carbonyl (C=O) groups is 1. The Morgan fingerprint density at radius 2 is 2.17 bits per heavy atom. The number of aromatic nitrogens is 6. The third kappa shape index (κ3) is 2.88. The summed E-state index contributed by atoms with van der Waals surface area (Å²) in [5.41, 5.74) is 1.51. The van der Waals surface area contributed by atoms with Gasteiger partial charge in [0.25, 0.3) is 5.91 Å². The van der Waals surface area contributed by atoms with E-state index in [1.165, 1.54) is 11.3 Å². The second-order valence-corrected chi connectivity index (χ2v) is 7.85. The van der Waals surface area contributed by atoms with E-state index in [-0.39, 0.29) is 5.91 Å². The van der Waals surface area contributed by atoms with Gasteiger partial charge in [0.15, 0.2) is 11.4 Å². The van der Waals surface area contributed by atoms with Gasteiger partial charge in [0.2, 0.25) is 5.82 Å². The molecule has 0 aliphatic rings. The maximum absolute atomic E-state index is 12.5. The third-order valence-corrected chi connectivity index (χ3v) is 5.81. The van der Waals surface area contributed by atoms with E-state index in [1.807, 2.05) is 31.3 Å². The van der Waals surface area contributed by atoms with Crippen LogP contribution < -0.4 is 0 Å². The van der Waals surface area contributed by atoms with Crippen molar-refractivity contribution in [2.45, 2.75) is 13.5 Å². The average Bonchev–Trinajstić information content (AvgIpc) is 3.47. The van der Waals surface area contributed by atoms with Gasteiger partial charge in [-0.25, -0.2) is 14.5 Å². The molecule has 0 unspecified atom stereocenters. The molecule has 29 heavy (non-hydrogen) atoms. The molecular formula is C19H17N7O2S. The van der Waals surface area contributed by atoms with Gasteiger partial charge in [-0.1, -0.05) is 0 Å². The van der Waals surface area contributed by atoms with Gasteiger partial charge < -0.3 is 9.32 Å². The fourth-order valence-electron chi connectivity index (χ4n) is 3.18. The molecule has 5 rings (SSSR count). The zero-order valence-corrected chi connectivity index (χ0v) is 16.8. The van der Waals surface area contributed by atoms with Crippen molar-refractivity contribution in [3.63, 3.8) is 0 Å². The molecule has 0 atom stereocenters. The van der Waals surface area contributed by atoms with Crippen LogP contribution in [-0.2, 0) is 6.54 Å². The molecule has 1 amide bonds. The Balaban J connectivity index is 1.57. The van der Waals surface area contributed by atoms with Crippen molar-refractivity contribution in [2.24, 2.45) is 0 Å². The second kappa shape index (κ2) is 6.52. The average molecular weight is 407 g/mol. The van der Waals surface area contributed by atoms with E-state index in [0.717, 1.165) is 21.5 Å². The molecule has 0 N–H and O–H groups in total. The zero-order valence-electron chi connectivity index (χ0n) is 16.0. The fourth-order valence-corrected chi connectivity index (χ4v) is 4.35. The van der Waals surface area contributed by atoms with Crippen molar-refractivity contribution in [3.05, 3.63) is 53.1 Å². The van der Waals surface area contributed by atoms with Gasteiger partial charge in [0.1, 0.15) is 16.9 Å². The van der Waals surface area contributed by atoms with Crippen LogP contribution in [0.1, 0.15) is 21.0 Å². The number of fused-ring (bicyclic) bond motifs is 3. The van der Waals surface area contributed by atoms with Crippen LogP contribution in [0.3, 0.4) is 0 Å². The van der Waals surface area contributed by atoms with Gasteiger partial charge in [-0.3, -0.25) is 9.48 Å². The van der Waals surface area contributed by atoms with E-state index in [1.54, 1.807) is 40.7 Å². The van der Waals surface area contributed by atoms with Crippen LogP contribution in [0.4, 0.5) is 0 Å². The topological polar surface area (TPSA) is 94.3 Å². The summed E-state index contributed by atoms with van der Waals surface area (Å²) in [6, 6.07) is 5.60. The van der Waals surface area contributed by atoms with E-state index in [0.29, 0.717) is 28.7 Å². The number of rotatable bonds is 4. The highest BCUT2D eigenvalue weighted by Crippen LogP contribution is 2.33. The molecule has 0 saturated heterocycles. The SMILES string of the molecule is Cc1c(C(=O)N(C)C)sc2ncn3nc(-c4ccc(Cn5cccn5)o4)nc3c12. The molecule has 0 aromatic carbocycles. The lowest BCUT2D eigenvalue weighted by atomic mass is 10.2. The van der Waals surface area contributed by atoms with Crippen molar-refractivity contribution >= 4 is 33.1 Å². The van der Waals surface area contributed by atoms with Crippen molar-refractivity contribution in [3.8, 4) is 11.6 Å². The van der Waals surface area contributed by atoms with Crippen molar-refractivity contribution in [1.82, 2.24) is 34.3 Å². The van der Waals surface area contributed by atoms with E-state index >= 15 is 0 Å². The maximum atomic E-state index is 12.5. The smallest absolute Gasteiger partial charge is 0.263 e. The predicted molar refractivity (Wildman–Crippen MR) is 108 cm³/mol. The standard InChI is InChI=1S/C19H17N7O2S/c1-11-14-17-22-16(13-6-5-12(28-13)9-25-8-4-7-21-25)23-26(17)10-20-18(14)29-15(11)19(27)24(2)3/h4-8,10H,9H2,1-3H3. The number of thiophene rings is 1. The van der Waals surface area contributed by atoms with Crippen LogP contribution in [0, 0.1) is 6.92 Å². The minimum atomic E-state index is -0.0438. The summed E-state index contributed by atoms with van der Waals surface area (Å²) >= 11 is 1.37. The van der Waals surface area contributed by atoms with E-state index in [2.05, 4.69) is 20.2 Å². The number of aryl methyl sites for hydroxylation is 1. The summed E-state index contributed by atoms with van der Waals surface area (Å²) in [6.45, 7) is 2.45. The fraction of sp³-hybridized carbons (Fsp3) is 0.211. The van der Waals surface area contributed by atoms with Crippen LogP contribution in [-0.4, -0.2) is 54.3 Å². The van der Waals surface area contributed by atoms with Gasteiger partial charge >= 0.3 is 0 Å². The summed E-state index contributed by atoms with van der Waals surface area (Å²) in [7, 11) is 3.48. The monoisotopic (exact) mass is 407 g/mol. The minimum Gasteiger partial charge on any atom is -0.456 e. The van der Waals surface area contributed by atoms with Gasteiger partial charge in [-0.05, 0) is 30.7 Å². The minimum absolute atomic E-state index is 0.0438. The molecule has 0 aliphatic carbocycles. The van der Waals surface area contributed by atoms with E-state index in [4.69, 9.17) is 4.42 Å². The lowest BCUT2D eigenvalue weighted by molar-refractivity contribution is 0.0831. The Labute approximate surface area is 169 Å². The van der Waals surface area contributed by atoms with E-state index < -0.39 is 0 Å². The zero-order chi connectivity index (χ0) is 20.1. The lowest BCUT2D eigenvalue weighted by Gasteiger charge is -2.08. The van der Waals surface area contributed by atoms with Gasteiger partial charge in [0.05, 0.1) is 16.8 Å². The van der Waals surface area contributed by atoms with Gasteiger partial charge in [0, 0.05) is 26.5 Å². The molecule has 0 saturated carbocycles. The Morgan fingerprint density at radius 1 is 1.31 bits per heavy atom. The van der Waals surface area contributed by atoms with Crippen LogP contribution in [0.2, 0.25) is 0 Å². The molecule has 146 valence electrons. The summed E-state index contributed by atoms with van der Waals surface area (Å²) in [4.78, 5) is 24.6.